The number of aromatic amines is 1. The van der Waals surface area contributed by atoms with E-state index in [-0.39, 0.29) is 11.5 Å². The predicted octanol–water partition coefficient (Wildman–Crippen LogP) is 2.55. The first-order chi connectivity index (χ1) is 9.61. The van der Waals surface area contributed by atoms with Crippen molar-refractivity contribution >= 4 is 32.6 Å². The number of hydrogen-bond acceptors (Lipinski definition) is 4. The summed E-state index contributed by atoms with van der Waals surface area (Å²) < 4.78 is 1.03. The zero-order chi connectivity index (χ0) is 14.1. The van der Waals surface area contributed by atoms with Crippen LogP contribution in [0.1, 0.15) is 15.9 Å². The molecule has 0 saturated heterocycles. The van der Waals surface area contributed by atoms with Gasteiger partial charge in [0.25, 0.3) is 5.91 Å². The van der Waals surface area contributed by atoms with E-state index >= 15 is 0 Å². The lowest BCUT2D eigenvalue weighted by Gasteiger charge is -1.99. The number of rotatable bonds is 2. The van der Waals surface area contributed by atoms with Crippen molar-refractivity contribution in [1.82, 2.24) is 9.97 Å². The number of carbonyl (C=O) groups is 1. The predicted molar refractivity (Wildman–Crippen MR) is 79.4 cm³/mol. The Labute approximate surface area is 118 Å². The largest absolute Gasteiger partial charge is 0.328 e. The number of aryl methyl sites for hydroxylation is 1. The van der Waals surface area contributed by atoms with E-state index < -0.39 is 0 Å². The summed E-state index contributed by atoms with van der Waals surface area (Å²) in [4.78, 5) is 29.8. The van der Waals surface area contributed by atoms with Gasteiger partial charge in [-0.1, -0.05) is 17.4 Å². The first-order valence-corrected chi connectivity index (χ1v) is 6.81. The molecule has 2 heterocycles. The number of nitrogens with one attached hydrogen (secondary N) is 2. The number of carbonyl (C=O) groups excluding carboxylic acids is 1. The minimum Gasteiger partial charge on any atom is -0.328 e. The van der Waals surface area contributed by atoms with Crippen molar-refractivity contribution < 1.29 is 4.79 Å². The number of amides is 1. The van der Waals surface area contributed by atoms with Crippen LogP contribution in [0.15, 0.2) is 41.3 Å². The molecule has 0 bridgehead atoms. The van der Waals surface area contributed by atoms with Gasteiger partial charge in [0.2, 0.25) is 5.56 Å². The molecule has 100 valence electrons. The fraction of sp³-hybridized carbons (Fsp3) is 0.0714. The third-order valence-corrected chi connectivity index (χ3v) is 3.74. The van der Waals surface area contributed by atoms with Gasteiger partial charge in [-0.2, -0.15) is 0 Å². The molecule has 0 aliphatic rings. The molecule has 0 radical (unpaired) electrons. The number of H-pyrrole nitrogens is 1. The molecule has 2 aromatic heterocycles. The molecule has 0 aliphatic heterocycles. The van der Waals surface area contributed by atoms with Crippen LogP contribution in [0.25, 0.3) is 10.2 Å². The average molecular weight is 285 g/mol. The van der Waals surface area contributed by atoms with Gasteiger partial charge in [-0.05, 0) is 30.7 Å². The van der Waals surface area contributed by atoms with Crippen molar-refractivity contribution in [3.05, 3.63) is 58.0 Å². The van der Waals surface area contributed by atoms with E-state index in [2.05, 4.69) is 15.3 Å². The molecule has 2 N–H and O–H groups in total. The molecule has 3 rings (SSSR count). The molecule has 0 atom stereocenters. The van der Waals surface area contributed by atoms with E-state index in [1.54, 1.807) is 0 Å². The minimum atomic E-state index is -0.294. The van der Waals surface area contributed by atoms with Crippen LogP contribution < -0.4 is 10.9 Å². The van der Waals surface area contributed by atoms with E-state index in [0.29, 0.717) is 10.7 Å². The molecule has 20 heavy (non-hydrogen) atoms. The number of anilines is 1. The van der Waals surface area contributed by atoms with Gasteiger partial charge in [0.15, 0.2) is 5.13 Å². The summed E-state index contributed by atoms with van der Waals surface area (Å²) in [6, 6.07) is 8.73. The normalized spacial score (nSPS) is 10.7. The van der Waals surface area contributed by atoms with Crippen molar-refractivity contribution in [2.45, 2.75) is 6.92 Å². The molecule has 0 aliphatic carbocycles. The highest BCUT2D eigenvalue weighted by Gasteiger charge is 2.10. The molecule has 5 nitrogen and oxygen atoms in total. The van der Waals surface area contributed by atoms with E-state index in [0.717, 1.165) is 15.8 Å². The SMILES string of the molecule is Cc1ccc2nc(NC(=O)c3ccc(=O)[nH]c3)sc2c1. The molecule has 0 spiro atoms. The van der Waals surface area contributed by atoms with Crippen LogP contribution in [0, 0.1) is 6.92 Å². The second kappa shape index (κ2) is 4.90. The van der Waals surface area contributed by atoms with Crippen LogP contribution in [-0.2, 0) is 0 Å². The standard InChI is InChI=1S/C14H11N3O2S/c1-8-2-4-10-11(6-8)20-14(16-10)17-13(19)9-3-5-12(18)15-7-9/h2-7H,1H3,(H,15,18)(H,16,17,19). The lowest BCUT2D eigenvalue weighted by molar-refractivity contribution is 0.102. The molecule has 0 unspecified atom stereocenters. The van der Waals surface area contributed by atoms with Gasteiger partial charge in [0.05, 0.1) is 15.8 Å². The van der Waals surface area contributed by atoms with Crippen molar-refractivity contribution in [3.63, 3.8) is 0 Å². The Balaban J connectivity index is 1.87. The quantitative estimate of drug-likeness (QED) is 0.759. The fourth-order valence-corrected chi connectivity index (χ4v) is 2.77. The summed E-state index contributed by atoms with van der Waals surface area (Å²) >= 11 is 1.42. The number of benzene rings is 1. The summed E-state index contributed by atoms with van der Waals surface area (Å²) in [6.07, 6.45) is 1.38. The Bertz CT molecular complexity index is 830. The molecule has 0 saturated carbocycles. The zero-order valence-corrected chi connectivity index (χ0v) is 11.5. The second-order valence-corrected chi connectivity index (χ2v) is 5.42. The van der Waals surface area contributed by atoms with Crippen LogP contribution >= 0.6 is 11.3 Å². The molecule has 1 amide bonds. The maximum atomic E-state index is 12.0. The van der Waals surface area contributed by atoms with E-state index in [1.807, 2.05) is 25.1 Å². The number of hydrogen-bond donors (Lipinski definition) is 2. The molecule has 6 heteroatoms. The summed E-state index contributed by atoms with van der Waals surface area (Å²) in [5.74, 6) is -0.294. The van der Waals surface area contributed by atoms with Crippen LogP contribution in [-0.4, -0.2) is 15.9 Å². The summed E-state index contributed by atoms with van der Waals surface area (Å²) in [5, 5.41) is 3.28. The Morgan fingerprint density at radius 3 is 2.90 bits per heavy atom. The van der Waals surface area contributed by atoms with Crippen LogP contribution in [0.5, 0.6) is 0 Å². The highest BCUT2D eigenvalue weighted by molar-refractivity contribution is 7.22. The highest BCUT2D eigenvalue weighted by atomic mass is 32.1. The highest BCUT2D eigenvalue weighted by Crippen LogP contribution is 2.26. The average Bonchev–Trinajstić information content (AvgIpc) is 2.80. The van der Waals surface area contributed by atoms with Crippen LogP contribution in [0.2, 0.25) is 0 Å². The lowest BCUT2D eigenvalue weighted by Crippen LogP contribution is -2.14. The van der Waals surface area contributed by atoms with E-state index in [4.69, 9.17) is 0 Å². The number of nitrogens with zero attached hydrogens (tertiary/aromatic N) is 1. The van der Waals surface area contributed by atoms with Crippen molar-refractivity contribution in [3.8, 4) is 0 Å². The zero-order valence-electron chi connectivity index (χ0n) is 10.6. The van der Waals surface area contributed by atoms with Crippen molar-refractivity contribution in [1.29, 1.82) is 0 Å². The van der Waals surface area contributed by atoms with Gasteiger partial charge in [-0.25, -0.2) is 4.98 Å². The Morgan fingerprint density at radius 1 is 1.30 bits per heavy atom. The van der Waals surface area contributed by atoms with Crippen molar-refractivity contribution in [2.24, 2.45) is 0 Å². The number of fused-ring (bicyclic) bond motifs is 1. The van der Waals surface area contributed by atoms with Gasteiger partial charge in [0.1, 0.15) is 0 Å². The maximum Gasteiger partial charge on any atom is 0.258 e. The first-order valence-electron chi connectivity index (χ1n) is 5.99. The van der Waals surface area contributed by atoms with Gasteiger partial charge >= 0.3 is 0 Å². The van der Waals surface area contributed by atoms with Gasteiger partial charge in [0, 0.05) is 12.3 Å². The summed E-state index contributed by atoms with van der Waals surface area (Å²) in [5.41, 5.74) is 2.16. The summed E-state index contributed by atoms with van der Waals surface area (Å²) in [6.45, 7) is 2.01. The maximum absolute atomic E-state index is 12.0. The van der Waals surface area contributed by atoms with E-state index in [9.17, 15) is 9.59 Å². The van der Waals surface area contributed by atoms with Gasteiger partial charge in [-0.3, -0.25) is 14.9 Å². The number of aromatic nitrogens is 2. The molecule has 3 aromatic rings. The van der Waals surface area contributed by atoms with Crippen LogP contribution in [0.3, 0.4) is 0 Å². The van der Waals surface area contributed by atoms with Crippen molar-refractivity contribution in [2.75, 3.05) is 5.32 Å². The topological polar surface area (TPSA) is 74.8 Å². The van der Waals surface area contributed by atoms with Gasteiger partial charge < -0.3 is 4.98 Å². The lowest BCUT2D eigenvalue weighted by atomic mass is 10.2. The Hall–Kier alpha value is -2.47. The molecular weight excluding hydrogens is 274 g/mol. The van der Waals surface area contributed by atoms with E-state index in [1.165, 1.54) is 29.7 Å². The molecule has 0 fully saturated rings. The monoisotopic (exact) mass is 285 g/mol. The first kappa shape index (κ1) is 12.6. The molecule has 1 aromatic carbocycles. The fourth-order valence-electron chi connectivity index (χ4n) is 1.81. The van der Waals surface area contributed by atoms with Gasteiger partial charge in [-0.15, -0.1) is 0 Å². The Morgan fingerprint density at radius 2 is 2.15 bits per heavy atom. The second-order valence-electron chi connectivity index (χ2n) is 4.39. The van der Waals surface area contributed by atoms with Crippen LogP contribution in [0.4, 0.5) is 5.13 Å². The smallest absolute Gasteiger partial charge is 0.258 e. The minimum absolute atomic E-state index is 0.239. The Kier molecular flexibility index (Phi) is 3.08. The number of pyridine rings is 1. The third-order valence-electron chi connectivity index (χ3n) is 2.81. The number of thiazole rings is 1. The summed E-state index contributed by atoms with van der Waals surface area (Å²) in [7, 11) is 0. The molecular formula is C14H11N3O2S. The third kappa shape index (κ3) is 2.46.